The number of H-pyrrole nitrogens is 1. The van der Waals surface area contributed by atoms with Crippen LogP contribution in [0.4, 0.5) is 0 Å². The van der Waals surface area contributed by atoms with Crippen molar-refractivity contribution in [3.63, 3.8) is 0 Å². The van der Waals surface area contributed by atoms with Gasteiger partial charge in [0.05, 0.1) is 12.2 Å². The van der Waals surface area contributed by atoms with E-state index in [1.807, 2.05) is 0 Å². The summed E-state index contributed by atoms with van der Waals surface area (Å²) in [6.45, 7) is 1.54. The summed E-state index contributed by atoms with van der Waals surface area (Å²) in [7, 11) is -2.28. The quantitative estimate of drug-likeness (QED) is 0.472. The molecule has 0 bridgehead atoms. The van der Waals surface area contributed by atoms with Crippen LogP contribution >= 0.6 is 0 Å². The average molecular weight is 231 g/mol. The summed E-state index contributed by atoms with van der Waals surface area (Å²) in [5, 5.41) is 13.1. The second-order valence-corrected chi connectivity index (χ2v) is 5.04. The lowest BCUT2D eigenvalue weighted by atomic mass is 10.3. The van der Waals surface area contributed by atoms with Crippen LogP contribution in [0.25, 0.3) is 0 Å². The molecule has 1 aromatic heterocycles. The SMILES string of the molecule is CC(C(=N)N)N(C)S(=O)(=O)c1ccn[nH]1. The van der Waals surface area contributed by atoms with Crippen molar-refractivity contribution in [2.75, 3.05) is 7.05 Å². The third-order valence-corrected chi connectivity index (χ3v) is 3.99. The highest BCUT2D eigenvalue weighted by molar-refractivity contribution is 7.89. The third kappa shape index (κ3) is 2.16. The zero-order chi connectivity index (χ0) is 11.6. The van der Waals surface area contributed by atoms with Gasteiger partial charge in [0.25, 0.3) is 10.0 Å². The van der Waals surface area contributed by atoms with Gasteiger partial charge in [0, 0.05) is 7.05 Å². The molecule has 7 nitrogen and oxygen atoms in total. The molecule has 0 fully saturated rings. The first-order chi connectivity index (χ1) is 6.87. The van der Waals surface area contributed by atoms with Gasteiger partial charge in [-0.1, -0.05) is 0 Å². The van der Waals surface area contributed by atoms with Gasteiger partial charge in [0.1, 0.15) is 5.84 Å². The smallest absolute Gasteiger partial charge is 0.260 e. The van der Waals surface area contributed by atoms with Crippen LogP contribution in [0, 0.1) is 5.41 Å². The van der Waals surface area contributed by atoms with E-state index in [4.69, 9.17) is 11.1 Å². The zero-order valence-corrected chi connectivity index (χ0v) is 9.25. The van der Waals surface area contributed by atoms with Gasteiger partial charge < -0.3 is 5.73 Å². The molecule has 0 spiro atoms. The molecule has 84 valence electrons. The number of nitrogens with one attached hydrogen (secondary N) is 2. The first-order valence-electron chi connectivity index (χ1n) is 4.18. The van der Waals surface area contributed by atoms with Gasteiger partial charge in [0.15, 0.2) is 5.03 Å². The summed E-state index contributed by atoms with van der Waals surface area (Å²) in [6.07, 6.45) is 1.35. The predicted octanol–water partition coefficient (Wildman–Crippen LogP) is -0.645. The molecular weight excluding hydrogens is 218 g/mol. The van der Waals surface area contributed by atoms with Gasteiger partial charge in [-0.25, -0.2) is 8.42 Å². The fourth-order valence-electron chi connectivity index (χ4n) is 0.946. The van der Waals surface area contributed by atoms with E-state index in [1.165, 1.54) is 26.2 Å². The molecule has 1 aromatic rings. The molecule has 0 aliphatic heterocycles. The fraction of sp³-hybridized carbons (Fsp3) is 0.429. The third-order valence-electron chi connectivity index (χ3n) is 2.13. The Labute approximate surface area is 87.8 Å². The van der Waals surface area contributed by atoms with Gasteiger partial charge in [-0.2, -0.15) is 9.40 Å². The normalized spacial score (nSPS) is 14.1. The summed E-state index contributed by atoms with van der Waals surface area (Å²) < 4.78 is 24.7. The number of likely N-dealkylation sites (N-methyl/N-ethyl adjacent to an activating group) is 1. The predicted molar refractivity (Wildman–Crippen MR) is 54.9 cm³/mol. The Morgan fingerprint density at radius 1 is 1.73 bits per heavy atom. The molecule has 1 atom stereocenters. The van der Waals surface area contributed by atoms with Crippen molar-refractivity contribution in [2.45, 2.75) is 18.0 Å². The lowest BCUT2D eigenvalue weighted by Crippen LogP contribution is -2.43. The Bertz CT molecular complexity index is 438. The van der Waals surface area contributed by atoms with Crippen molar-refractivity contribution in [3.8, 4) is 0 Å². The van der Waals surface area contributed by atoms with E-state index in [-0.39, 0.29) is 10.9 Å². The summed E-state index contributed by atoms with van der Waals surface area (Å²) in [5.41, 5.74) is 5.24. The highest BCUT2D eigenvalue weighted by atomic mass is 32.2. The van der Waals surface area contributed by atoms with E-state index >= 15 is 0 Å². The summed E-state index contributed by atoms with van der Waals surface area (Å²) >= 11 is 0. The zero-order valence-electron chi connectivity index (χ0n) is 8.43. The molecule has 0 saturated carbocycles. The second-order valence-electron chi connectivity index (χ2n) is 3.07. The summed E-state index contributed by atoms with van der Waals surface area (Å²) in [4.78, 5) is 0. The molecule has 15 heavy (non-hydrogen) atoms. The molecule has 1 rings (SSSR count). The molecule has 0 aliphatic carbocycles. The lowest BCUT2D eigenvalue weighted by molar-refractivity contribution is 0.445. The Balaban J connectivity index is 3.03. The average Bonchev–Trinajstić information content (AvgIpc) is 2.68. The second kappa shape index (κ2) is 3.99. The molecule has 4 N–H and O–H groups in total. The number of hydrogen-bond acceptors (Lipinski definition) is 4. The maximum atomic E-state index is 11.8. The maximum Gasteiger partial charge on any atom is 0.260 e. The minimum Gasteiger partial charge on any atom is -0.386 e. The monoisotopic (exact) mass is 231 g/mol. The van der Waals surface area contributed by atoms with Crippen molar-refractivity contribution in [3.05, 3.63) is 12.3 Å². The molecule has 1 heterocycles. The molecule has 0 aromatic carbocycles. The largest absolute Gasteiger partial charge is 0.386 e. The van der Waals surface area contributed by atoms with Crippen molar-refractivity contribution in [1.82, 2.24) is 14.5 Å². The highest BCUT2D eigenvalue weighted by Crippen LogP contribution is 2.12. The van der Waals surface area contributed by atoms with Gasteiger partial charge in [-0.3, -0.25) is 10.5 Å². The van der Waals surface area contributed by atoms with Crippen LogP contribution in [0.15, 0.2) is 17.3 Å². The number of nitrogens with zero attached hydrogens (tertiary/aromatic N) is 2. The number of hydrogen-bond donors (Lipinski definition) is 3. The van der Waals surface area contributed by atoms with Gasteiger partial charge >= 0.3 is 0 Å². The van der Waals surface area contributed by atoms with Crippen LogP contribution < -0.4 is 5.73 Å². The molecule has 8 heteroatoms. The van der Waals surface area contributed by atoms with E-state index < -0.39 is 16.1 Å². The molecular formula is C7H13N5O2S. The topological polar surface area (TPSA) is 116 Å². The van der Waals surface area contributed by atoms with Gasteiger partial charge in [0.2, 0.25) is 0 Å². The van der Waals surface area contributed by atoms with Crippen LogP contribution in [0.5, 0.6) is 0 Å². The van der Waals surface area contributed by atoms with E-state index in [1.54, 1.807) is 0 Å². The van der Waals surface area contributed by atoms with Crippen molar-refractivity contribution >= 4 is 15.9 Å². The Morgan fingerprint density at radius 3 is 2.73 bits per heavy atom. The summed E-state index contributed by atoms with van der Waals surface area (Å²) in [5.74, 6) is -0.208. The first-order valence-corrected chi connectivity index (χ1v) is 5.62. The number of rotatable bonds is 4. The first kappa shape index (κ1) is 11.7. The summed E-state index contributed by atoms with van der Waals surface area (Å²) in [6, 6.07) is 0.664. The van der Waals surface area contributed by atoms with Crippen LogP contribution in [0.1, 0.15) is 6.92 Å². The van der Waals surface area contributed by atoms with E-state index in [2.05, 4.69) is 10.2 Å². The number of nitrogens with two attached hydrogens (primary N) is 1. The lowest BCUT2D eigenvalue weighted by Gasteiger charge is -2.21. The minimum absolute atomic E-state index is 0.0156. The van der Waals surface area contributed by atoms with Crippen molar-refractivity contribution in [1.29, 1.82) is 5.41 Å². The van der Waals surface area contributed by atoms with Crippen LogP contribution in [0.2, 0.25) is 0 Å². The van der Waals surface area contributed by atoms with Gasteiger partial charge in [-0.05, 0) is 13.0 Å². The fourth-order valence-corrected chi connectivity index (χ4v) is 2.19. The van der Waals surface area contributed by atoms with E-state index in [0.29, 0.717) is 0 Å². The molecule has 0 aliphatic rings. The van der Waals surface area contributed by atoms with Crippen LogP contribution in [-0.4, -0.2) is 41.8 Å². The molecule has 0 amide bonds. The van der Waals surface area contributed by atoms with Crippen molar-refractivity contribution < 1.29 is 8.42 Å². The number of aromatic amines is 1. The number of amidine groups is 1. The number of aromatic nitrogens is 2. The molecule has 0 saturated heterocycles. The van der Waals surface area contributed by atoms with Crippen LogP contribution in [-0.2, 0) is 10.0 Å². The van der Waals surface area contributed by atoms with E-state index in [0.717, 1.165) is 4.31 Å². The minimum atomic E-state index is -3.65. The van der Waals surface area contributed by atoms with E-state index in [9.17, 15) is 8.42 Å². The standard InChI is InChI=1S/C7H13N5O2S/c1-5(7(8)9)12(2)15(13,14)6-3-4-10-11-6/h3-5H,1-2H3,(H3,8,9)(H,10,11). The van der Waals surface area contributed by atoms with Crippen molar-refractivity contribution in [2.24, 2.45) is 5.73 Å². The number of sulfonamides is 1. The Hall–Kier alpha value is -1.41. The Morgan fingerprint density at radius 2 is 2.33 bits per heavy atom. The van der Waals surface area contributed by atoms with Gasteiger partial charge in [-0.15, -0.1) is 0 Å². The Kier molecular flexibility index (Phi) is 3.10. The highest BCUT2D eigenvalue weighted by Gasteiger charge is 2.27. The molecule has 0 radical (unpaired) electrons. The maximum absolute atomic E-state index is 11.8. The molecule has 1 unspecified atom stereocenters. The van der Waals surface area contributed by atoms with Crippen LogP contribution in [0.3, 0.4) is 0 Å².